The molecular formula is C18H20ClNO. The molecule has 1 amide bonds. The molecule has 0 fully saturated rings. The summed E-state index contributed by atoms with van der Waals surface area (Å²) >= 11 is 6.09. The van der Waals surface area contributed by atoms with Gasteiger partial charge >= 0.3 is 0 Å². The van der Waals surface area contributed by atoms with E-state index in [1.165, 1.54) is 11.1 Å². The summed E-state index contributed by atoms with van der Waals surface area (Å²) in [5.74, 6) is -0.107. The number of hydrogen-bond donors (Lipinski definition) is 1. The Kier molecular flexibility index (Phi) is 5.40. The number of aryl methyl sites for hydroxylation is 3. The molecule has 0 radical (unpaired) electrons. The fourth-order valence-electron chi connectivity index (χ4n) is 2.26. The molecule has 0 unspecified atom stereocenters. The molecule has 0 spiro atoms. The lowest BCUT2D eigenvalue weighted by Gasteiger charge is -2.08. The van der Waals surface area contributed by atoms with Crippen molar-refractivity contribution in [3.63, 3.8) is 0 Å². The van der Waals surface area contributed by atoms with Crippen molar-refractivity contribution >= 4 is 17.5 Å². The van der Waals surface area contributed by atoms with Gasteiger partial charge in [0.05, 0.1) is 10.6 Å². The van der Waals surface area contributed by atoms with E-state index >= 15 is 0 Å². The second-order valence-corrected chi connectivity index (χ2v) is 5.74. The highest BCUT2D eigenvalue weighted by molar-refractivity contribution is 6.33. The van der Waals surface area contributed by atoms with Crippen molar-refractivity contribution in [3.8, 4) is 0 Å². The molecule has 1 N–H and O–H groups in total. The maximum absolute atomic E-state index is 12.0. The first-order valence-corrected chi connectivity index (χ1v) is 7.54. The van der Waals surface area contributed by atoms with E-state index < -0.39 is 0 Å². The van der Waals surface area contributed by atoms with Crippen LogP contribution in [0.4, 0.5) is 0 Å². The van der Waals surface area contributed by atoms with Gasteiger partial charge in [-0.1, -0.05) is 47.5 Å². The Balaban J connectivity index is 1.82. The Morgan fingerprint density at radius 2 is 1.86 bits per heavy atom. The fourth-order valence-corrected chi connectivity index (χ4v) is 2.58. The maximum Gasteiger partial charge on any atom is 0.252 e. The number of nitrogens with one attached hydrogen (secondary N) is 1. The van der Waals surface area contributed by atoms with Crippen LogP contribution in [0.25, 0.3) is 0 Å². The van der Waals surface area contributed by atoms with Crippen LogP contribution in [-0.4, -0.2) is 12.5 Å². The maximum atomic E-state index is 12.0. The normalized spacial score (nSPS) is 10.4. The smallest absolute Gasteiger partial charge is 0.252 e. The number of benzene rings is 2. The van der Waals surface area contributed by atoms with Crippen LogP contribution in [0.2, 0.25) is 5.02 Å². The molecule has 0 bridgehead atoms. The molecular weight excluding hydrogens is 282 g/mol. The van der Waals surface area contributed by atoms with Crippen LogP contribution in [0.15, 0.2) is 42.5 Å². The van der Waals surface area contributed by atoms with Gasteiger partial charge in [-0.3, -0.25) is 4.79 Å². The zero-order valence-electron chi connectivity index (χ0n) is 12.4. The van der Waals surface area contributed by atoms with E-state index in [-0.39, 0.29) is 5.91 Å². The highest BCUT2D eigenvalue weighted by atomic mass is 35.5. The lowest BCUT2D eigenvalue weighted by molar-refractivity contribution is 0.0953. The summed E-state index contributed by atoms with van der Waals surface area (Å²) in [4.78, 5) is 12.0. The molecule has 0 atom stereocenters. The summed E-state index contributed by atoms with van der Waals surface area (Å²) in [6, 6.07) is 13.9. The monoisotopic (exact) mass is 301 g/mol. The Morgan fingerprint density at radius 3 is 2.57 bits per heavy atom. The molecule has 0 heterocycles. The largest absolute Gasteiger partial charge is 0.352 e. The van der Waals surface area contributed by atoms with Gasteiger partial charge in [-0.05, 0) is 49.9 Å². The minimum absolute atomic E-state index is 0.107. The van der Waals surface area contributed by atoms with Crippen molar-refractivity contribution in [2.45, 2.75) is 26.7 Å². The molecule has 0 aromatic heterocycles. The third-order valence-corrected chi connectivity index (χ3v) is 3.69. The van der Waals surface area contributed by atoms with Crippen molar-refractivity contribution in [1.82, 2.24) is 5.32 Å². The van der Waals surface area contributed by atoms with Gasteiger partial charge in [0.2, 0.25) is 0 Å². The summed E-state index contributed by atoms with van der Waals surface area (Å²) in [5, 5.41) is 3.43. The van der Waals surface area contributed by atoms with Crippen LogP contribution in [0.3, 0.4) is 0 Å². The van der Waals surface area contributed by atoms with Crippen molar-refractivity contribution < 1.29 is 4.79 Å². The summed E-state index contributed by atoms with van der Waals surface area (Å²) in [7, 11) is 0. The quantitative estimate of drug-likeness (QED) is 0.819. The minimum Gasteiger partial charge on any atom is -0.352 e. The Morgan fingerprint density at radius 1 is 1.10 bits per heavy atom. The van der Waals surface area contributed by atoms with Gasteiger partial charge in [0.1, 0.15) is 0 Å². The van der Waals surface area contributed by atoms with Gasteiger partial charge in [-0.15, -0.1) is 0 Å². The standard InChI is InChI=1S/C18H20ClNO/c1-13-5-3-6-15(11-13)7-4-10-20-18(21)16-9-8-14(2)12-17(16)19/h3,5-6,8-9,11-12H,4,7,10H2,1-2H3,(H,20,21). The number of rotatable bonds is 5. The Bertz CT molecular complexity index is 637. The van der Waals surface area contributed by atoms with Crippen LogP contribution >= 0.6 is 11.6 Å². The first-order chi connectivity index (χ1) is 10.1. The molecule has 21 heavy (non-hydrogen) atoms. The van der Waals surface area contributed by atoms with Gasteiger partial charge in [0.15, 0.2) is 0 Å². The molecule has 0 saturated heterocycles. The van der Waals surface area contributed by atoms with Crippen LogP contribution in [0.1, 0.15) is 33.5 Å². The lowest BCUT2D eigenvalue weighted by Crippen LogP contribution is -2.25. The number of amides is 1. The number of carbonyl (C=O) groups is 1. The topological polar surface area (TPSA) is 29.1 Å². The van der Waals surface area contributed by atoms with Crippen LogP contribution in [0.5, 0.6) is 0 Å². The average Bonchev–Trinajstić information content (AvgIpc) is 2.43. The predicted octanol–water partition coefficient (Wildman–Crippen LogP) is 4.32. The molecule has 3 heteroatoms. The second-order valence-electron chi connectivity index (χ2n) is 5.33. The van der Waals surface area contributed by atoms with E-state index in [9.17, 15) is 4.79 Å². The van der Waals surface area contributed by atoms with E-state index in [1.807, 2.05) is 19.1 Å². The summed E-state index contributed by atoms with van der Waals surface area (Å²) < 4.78 is 0. The van der Waals surface area contributed by atoms with Crippen LogP contribution in [0, 0.1) is 13.8 Å². The Labute approximate surface area is 131 Å². The molecule has 2 aromatic carbocycles. The summed E-state index contributed by atoms with van der Waals surface area (Å²) in [6.07, 6.45) is 1.88. The first-order valence-electron chi connectivity index (χ1n) is 7.16. The molecule has 0 aliphatic heterocycles. The second kappa shape index (κ2) is 7.28. The molecule has 2 aromatic rings. The molecule has 0 aliphatic rings. The van der Waals surface area contributed by atoms with Crippen LogP contribution in [-0.2, 0) is 6.42 Å². The summed E-state index contributed by atoms with van der Waals surface area (Å²) in [6.45, 7) is 4.69. The Hall–Kier alpha value is -1.80. The van der Waals surface area contributed by atoms with Gasteiger partial charge in [-0.25, -0.2) is 0 Å². The van der Waals surface area contributed by atoms with Gasteiger partial charge in [0.25, 0.3) is 5.91 Å². The first kappa shape index (κ1) is 15.6. The SMILES string of the molecule is Cc1cccc(CCCNC(=O)c2ccc(C)cc2Cl)c1. The number of halogens is 1. The van der Waals surface area contributed by atoms with Crippen LogP contribution < -0.4 is 5.32 Å². The highest BCUT2D eigenvalue weighted by Gasteiger charge is 2.09. The number of carbonyl (C=O) groups excluding carboxylic acids is 1. The molecule has 2 rings (SSSR count). The average molecular weight is 302 g/mol. The predicted molar refractivity (Wildman–Crippen MR) is 88.0 cm³/mol. The van der Waals surface area contributed by atoms with Gasteiger partial charge in [0, 0.05) is 6.54 Å². The zero-order chi connectivity index (χ0) is 15.2. The third-order valence-electron chi connectivity index (χ3n) is 3.38. The lowest BCUT2D eigenvalue weighted by atomic mass is 10.1. The summed E-state index contributed by atoms with van der Waals surface area (Å²) in [5.41, 5.74) is 4.16. The van der Waals surface area contributed by atoms with E-state index in [0.717, 1.165) is 18.4 Å². The third kappa shape index (κ3) is 4.61. The van der Waals surface area contributed by atoms with Crippen molar-refractivity contribution in [1.29, 1.82) is 0 Å². The number of hydrogen-bond acceptors (Lipinski definition) is 1. The van der Waals surface area contributed by atoms with E-state index in [0.29, 0.717) is 17.1 Å². The van der Waals surface area contributed by atoms with Crippen molar-refractivity contribution in [2.75, 3.05) is 6.54 Å². The van der Waals surface area contributed by atoms with Crippen molar-refractivity contribution in [2.24, 2.45) is 0 Å². The zero-order valence-corrected chi connectivity index (χ0v) is 13.2. The van der Waals surface area contributed by atoms with Gasteiger partial charge < -0.3 is 5.32 Å². The highest BCUT2D eigenvalue weighted by Crippen LogP contribution is 2.17. The van der Waals surface area contributed by atoms with E-state index in [4.69, 9.17) is 11.6 Å². The van der Waals surface area contributed by atoms with E-state index in [1.54, 1.807) is 6.07 Å². The van der Waals surface area contributed by atoms with Crippen molar-refractivity contribution in [3.05, 3.63) is 69.7 Å². The fraction of sp³-hybridized carbons (Fsp3) is 0.278. The minimum atomic E-state index is -0.107. The van der Waals surface area contributed by atoms with Gasteiger partial charge in [-0.2, -0.15) is 0 Å². The van der Waals surface area contributed by atoms with E-state index in [2.05, 4.69) is 36.5 Å². The molecule has 2 nitrogen and oxygen atoms in total. The molecule has 0 aliphatic carbocycles. The molecule has 110 valence electrons. The molecule has 0 saturated carbocycles.